The van der Waals surface area contributed by atoms with Crippen molar-refractivity contribution >= 4 is 5.97 Å². The van der Waals surface area contributed by atoms with Gasteiger partial charge in [0.25, 0.3) is 0 Å². The van der Waals surface area contributed by atoms with Gasteiger partial charge in [-0.3, -0.25) is 0 Å². The van der Waals surface area contributed by atoms with Gasteiger partial charge in [-0.15, -0.1) is 0 Å². The fourth-order valence-corrected chi connectivity index (χ4v) is 1.18. The molecule has 1 heterocycles. The van der Waals surface area contributed by atoms with E-state index in [1.807, 2.05) is 0 Å². The van der Waals surface area contributed by atoms with Gasteiger partial charge in [0.05, 0.1) is 37.5 Å². The molecule has 0 amide bonds. The van der Waals surface area contributed by atoms with Gasteiger partial charge in [0.2, 0.25) is 0 Å². The number of H-pyrrole nitrogens is 1. The second-order valence-electron chi connectivity index (χ2n) is 3.66. The van der Waals surface area contributed by atoms with Gasteiger partial charge in [-0.05, 0) is 0 Å². The van der Waals surface area contributed by atoms with E-state index in [9.17, 15) is 9.90 Å². The van der Waals surface area contributed by atoms with Gasteiger partial charge in [-0.2, -0.15) is 0 Å². The molecule has 5 heteroatoms. The number of carboxylic acid groups (broad SMARTS) is 1. The average Bonchev–Trinajstić information content (AvgIpc) is 2.63. The number of likely N-dealkylation sites (N-methyl/N-ethyl adjacent to an activating group) is 1. The second kappa shape index (κ2) is 3.79. The molecule has 0 aromatic carbocycles. The Morgan fingerprint density at radius 1 is 1.86 bits per heavy atom. The van der Waals surface area contributed by atoms with Crippen LogP contribution >= 0.6 is 0 Å². The fourth-order valence-electron chi connectivity index (χ4n) is 1.18. The largest absolute Gasteiger partial charge is 0.544 e. The SMILES string of the molecule is [2H]C([2H])([2H])[N+](C)(C)[C@@H](Cc1cnc[nH]1)C(=O)[O-]. The molecule has 0 spiro atoms. The molecule has 0 radical (unpaired) electrons. The smallest absolute Gasteiger partial charge is 0.134 e. The Labute approximate surface area is 87.2 Å². The van der Waals surface area contributed by atoms with Gasteiger partial charge >= 0.3 is 0 Å². The molecule has 0 bridgehead atoms. The summed E-state index contributed by atoms with van der Waals surface area (Å²) < 4.78 is 21.5. The first kappa shape index (κ1) is 7.00. The molecule has 14 heavy (non-hydrogen) atoms. The number of hydrogen-bond acceptors (Lipinski definition) is 3. The lowest BCUT2D eigenvalue weighted by atomic mass is 10.1. The van der Waals surface area contributed by atoms with Crippen LogP contribution in [0.1, 0.15) is 9.81 Å². The number of aromatic nitrogens is 2. The van der Waals surface area contributed by atoms with Crippen LogP contribution in [-0.2, 0) is 11.2 Å². The van der Waals surface area contributed by atoms with Crippen molar-refractivity contribution < 1.29 is 18.5 Å². The van der Waals surface area contributed by atoms with E-state index in [0.717, 1.165) is 0 Å². The third kappa shape index (κ3) is 2.56. The number of imidazole rings is 1. The summed E-state index contributed by atoms with van der Waals surface area (Å²) in [6.07, 6.45) is 2.92. The van der Waals surface area contributed by atoms with E-state index < -0.39 is 23.5 Å². The molecule has 78 valence electrons. The molecule has 5 nitrogen and oxygen atoms in total. The molecule has 0 fully saturated rings. The van der Waals surface area contributed by atoms with E-state index in [1.54, 1.807) is 0 Å². The Bertz CT molecular complexity index is 387. The van der Waals surface area contributed by atoms with E-state index in [-0.39, 0.29) is 6.42 Å². The number of rotatable bonds is 4. The van der Waals surface area contributed by atoms with Crippen LogP contribution in [0.4, 0.5) is 0 Å². The van der Waals surface area contributed by atoms with E-state index in [0.29, 0.717) is 5.69 Å². The van der Waals surface area contributed by atoms with E-state index in [2.05, 4.69) is 9.97 Å². The summed E-state index contributed by atoms with van der Waals surface area (Å²) in [4.78, 5) is 17.6. The van der Waals surface area contributed by atoms with E-state index in [1.165, 1.54) is 26.6 Å². The zero-order valence-corrected chi connectivity index (χ0v) is 8.15. The summed E-state index contributed by atoms with van der Waals surface area (Å²) in [6.45, 7) is -2.43. The molecule has 0 aliphatic heterocycles. The lowest BCUT2D eigenvalue weighted by Crippen LogP contribution is -2.55. The minimum absolute atomic E-state index is 0.0354. The maximum Gasteiger partial charge on any atom is 0.134 e. The van der Waals surface area contributed by atoms with Crippen LogP contribution in [0.2, 0.25) is 0 Å². The molecule has 0 aliphatic rings. The summed E-state index contributed by atoms with van der Waals surface area (Å²) in [5.74, 6) is -1.39. The zero-order valence-electron chi connectivity index (χ0n) is 11.2. The van der Waals surface area contributed by atoms with Crippen molar-refractivity contribution in [2.75, 3.05) is 21.1 Å². The molecule has 0 saturated heterocycles. The predicted octanol–water partition coefficient (Wildman–Crippen LogP) is -1.22. The van der Waals surface area contributed by atoms with Crippen LogP contribution in [0.3, 0.4) is 0 Å². The van der Waals surface area contributed by atoms with Crippen molar-refractivity contribution in [2.24, 2.45) is 0 Å². The highest BCUT2D eigenvalue weighted by Crippen LogP contribution is 2.08. The topological polar surface area (TPSA) is 68.8 Å². The molecule has 0 aliphatic carbocycles. The highest BCUT2D eigenvalue weighted by Gasteiger charge is 2.25. The third-order valence-corrected chi connectivity index (χ3v) is 2.02. The lowest BCUT2D eigenvalue weighted by Gasteiger charge is -2.34. The van der Waals surface area contributed by atoms with Crippen LogP contribution in [0.15, 0.2) is 12.5 Å². The molecule has 0 unspecified atom stereocenters. The Kier molecular flexibility index (Phi) is 1.90. The molecule has 1 N–H and O–H groups in total. The number of carboxylic acids is 1. The first-order valence-electron chi connectivity index (χ1n) is 5.68. The number of aromatic amines is 1. The lowest BCUT2D eigenvalue weighted by molar-refractivity contribution is -0.889. The van der Waals surface area contributed by atoms with Crippen molar-refractivity contribution in [1.82, 2.24) is 9.97 Å². The summed E-state index contributed by atoms with van der Waals surface area (Å²) in [5.41, 5.74) is 0.564. The second-order valence-corrected chi connectivity index (χ2v) is 3.66. The monoisotopic (exact) mass is 200 g/mol. The fraction of sp³-hybridized carbons (Fsp3) is 0.556. The van der Waals surface area contributed by atoms with Crippen molar-refractivity contribution in [2.45, 2.75) is 12.5 Å². The maximum atomic E-state index is 11.1. The highest BCUT2D eigenvalue weighted by molar-refractivity contribution is 5.70. The number of nitrogens with zero attached hydrogens (tertiary/aromatic N) is 2. The minimum atomic E-state index is -2.43. The summed E-state index contributed by atoms with van der Waals surface area (Å²) >= 11 is 0. The van der Waals surface area contributed by atoms with Crippen molar-refractivity contribution in [3.8, 4) is 0 Å². The number of carbonyl (C=O) groups is 1. The quantitative estimate of drug-likeness (QED) is 0.619. The number of hydrogen-bond donors (Lipinski definition) is 1. The highest BCUT2D eigenvalue weighted by atomic mass is 16.4. The number of carbonyl (C=O) groups excluding carboxylic acids is 1. The van der Waals surface area contributed by atoms with Crippen LogP contribution in [0.5, 0.6) is 0 Å². The summed E-state index contributed by atoms with van der Waals surface area (Å²) in [6, 6.07) is -1.16. The van der Waals surface area contributed by atoms with Crippen molar-refractivity contribution in [3.05, 3.63) is 18.2 Å². The number of aliphatic carboxylic acids is 1. The standard InChI is InChI=1S/C9H15N3O2/c1-12(2,3)8(9(13)14)4-7-5-10-6-11-7/h5-6,8H,4H2,1-3H3,(H-,10,11,13,14)/t8-/m0/s1/i1D3. The van der Waals surface area contributed by atoms with Gasteiger partial charge in [0.1, 0.15) is 6.04 Å². The van der Waals surface area contributed by atoms with Crippen LogP contribution in [0, 0.1) is 0 Å². The summed E-state index contributed by atoms with van der Waals surface area (Å²) in [7, 11) is 2.70. The van der Waals surface area contributed by atoms with Gasteiger partial charge in [0.15, 0.2) is 0 Å². The van der Waals surface area contributed by atoms with Gasteiger partial charge in [-0.25, -0.2) is 4.98 Å². The Morgan fingerprint density at radius 3 is 3.00 bits per heavy atom. The zero-order chi connectivity index (χ0) is 13.3. The van der Waals surface area contributed by atoms with Crippen molar-refractivity contribution in [1.29, 1.82) is 0 Å². The van der Waals surface area contributed by atoms with Gasteiger partial charge in [-0.1, -0.05) is 0 Å². The predicted molar refractivity (Wildman–Crippen MR) is 49.1 cm³/mol. The summed E-state index contributed by atoms with van der Waals surface area (Å²) in [5, 5.41) is 11.1. The molecule has 0 saturated carbocycles. The molecular weight excluding hydrogens is 182 g/mol. The van der Waals surface area contributed by atoms with Crippen LogP contribution < -0.4 is 5.11 Å². The van der Waals surface area contributed by atoms with E-state index >= 15 is 0 Å². The maximum absolute atomic E-state index is 11.1. The molecule has 1 atom stereocenters. The first-order valence-corrected chi connectivity index (χ1v) is 4.18. The average molecular weight is 200 g/mol. The first-order chi connectivity index (χ1) is 7.66. The molecule has 1 rings (SSSR count). The van der Waals surface area contributed by atoms with Crippen LogP contribution in [0.25, 0.3) is 0 Å². The molecule has 1 aromatic heterocycles. The normalized spacial score (nSPS) is 18.0. The van der Waals surface area contributed by atoms with Gasteiger partial charge < -0.3 is 19.4 Å². The number of nitrogens with one attached hydrogen (secondary N) is 1. The Hall–Kier alpha value is -1.36. The third-order valence-electron chi connectivity index (χ3n) is 2.02. The van der Waals surface area contributed by atoms with E-state index in [4.69, 9.17) is 4.11 Å². The minimum Gasteiger partial charge on any atom is -0.544 e. The number of quaternary nitrogens is 1. The van der Waals surface area contributed by atoms with Crippen molar-refractivity contribution in [3.63, 3.8) is 0 Å². The molecular formula is C9H15N3O2. The van der Waals surface area contributed by atoms with Crippen LogP contribution in [-0.4, -0.2) is 47.5 Å². The Morgan fingerprint density at radius 2 is 2.57 bits per heavy atom. The Balaban J connectivity index is 2.98. The molecule has 1 aromatic rings. The van der Waals surface area contributed by atoms with Gasteiger partial charge in [0, 0.05) is 18.3 Å².